The molecule has 0 saturated heterocycles. The molecule has 0 aromatic heterocycles. The Morgan fingerprint density at radius 1 is 1.80 bits per heavy atom. The van der Waals surface area contributed by atoms with E-state index in [4.69, 9.17) is 5.73 Å². The first-order chi connectivity index (χ1) is 4.63. The Morgan fingerprint density at radius 2 is 2.40 bits per heavy atom. The molecule has 10 heavy (non-hydrogen) atoms. The lowest BCUT2D eigenvalue weighted by molar-refractivity contribution is 0.473. The first-order valence-electron chi connectivity index (χ1n) is 2.84. The first-order valence-corrected chi connectivity index (χ1v) is 3.25. The van der Waals surface area contributed by atoms with E-state index in [-0.39, 0.29) is 5.11 Å². The van der Waals surface area contributed by atoms with E-state index in [2.05, 4.69) is 22.7 Å². The van der Waals surface area contributed by atoms with E-state index in [9.17, 15) is 0 Å². The lowest BCUT2D eigenvalue weighted by Gasteiger charge is -2.02. The van der Waals surface area contributed by atoms with Crippen LogP contribution in [0.15, 0.2) is 5.10 Å². The van der Waals surface area contributed by atoms with Crippen LogP contribution in [0.4, 0.5) is 0 Å². The van der Waals surface area contributed by atoms with Gasteiger partial charge in [-0.25, -0.2) is 0 Å². The fourth-order valence-corrected chi connectivity index (χ4v) is 0.366. The van der Waals surface area contributed by atoms with Crippen LogP contribution in [-0.2, 0) is 0 Å². The van der Waals surface area contributed by atoms with Gasteiger partial charge in [-0.05, 0) is 26.3 Å². The summed E-state index contributed by atoms with van der Waals surface area (Å²) in [7, 11) is 3.90. The lowest BCUT2D eigenvalue weighted by atomic mass is 10.6. The number of nitrogens with zero attached hydrogens (tertiary/aromatic N) is 2. The molecule has 3 N–H and O–H groups in total. The highest BCUT2D eigenvalue weighted by atomic mass is 32.1. The fourth-order valence-electron chi connectivity index (χ4n) is 0.313. The van der Waals surface area contributed by atoms with Gasteiger partial charge in [0.25, 0.3) is 0 Å². The first kappa shape index (κ1) is 9.32. The van der Waals surface area contributed by atoms with Gasteiger partial charge in [0.2, 0.25) is 0 Å². The third kappa shape index (κ3) is 7.32. The molecule has 4 nitrogen and oxygen atoms in total. The van der Waals surface area contributed by atoms with Crippen LogP contribution in [0.5, 0.6) is 0 Å². The molecule has 0 aromatic rings. The third-order valence-electron chi connectivity index (χ3n) is 0.713. The van der Waals surface area contributed by atoms with Crippen molar-refractivity contribution < 1.29 is 0 Å². The van der Waals surface area contributed by atoms with E-state index in [1.165, 1.54) is 0 Å². The monoisotopic (exact) mass is 160 g/mol. The van der Waals surface area contributed by atoms with Gasteiger partial charge in [-0.2, -0.15) is 5.10 Å². The summed E-state index contributed by atoms with van der Waals surface area (Å²) < 4.78 is 0. The predicted molar refractivity (Wildman–Crippen MR) is 47.0 cm³/mol. The second kappa shape index (κ2) is 5.13. The topological polar surface area (TPSA) is 53.6 Å². The third-order valence-corrected chi connectivity index (χ3v) is 0.804. The van der Waals surface area contributed by atoms with Crippen molar-refractivity contribution in [1.82, 2.24) is 10.3 Å². The van der Waals surface area contributed by atoms with Crippen molar-refractivity contribution in [3.8, 4) is 0 Å². The Labute approximate surface area is 66.1 Å². The van der Waals surface area contributed by atoms with Crippen LogP contribution in [0.3, 0.4) is 0 Å². The highest BCUT2D eigenvalue weighted by Crippen LogP contribution is 1.67. The maximum absolute atomic E-state index is 5.10. The molecule has 5 heteroatoms. The molecule has 0 spiro atoms. The fraction of sp³-hybridized carbons (Fsp3) is 0.600. The smallest absolute Gasteiger partial charge is 0.184 e. The molecule has 0 heterocycles. The van der Waals surface area contributed by atoms with Crippen molar-refractivity contribution in [2.75, 3.05) is 20.6 Å². The van der Waals surface area contributed by atoms with Crippen molar-refractivity contribution in [1.29, 1.82) is 0 Å². The number of hydrogen-bond acceptors (Lipinski definition) is 3. The van der Waals surface area contributed by atoms with Gasteiger partial charge in [0.15, 0.2) is 5.11 Å². The van der Waals surface area contributed by atoms with E-state index < -0.39 is 0 Å². The lowest BCUT2D eigenvalue weighted by Crippen LogP contribution is -2.25. The average Bonchev–Trinajstić information content (AvgIpc) is 1.79. The molecule has 0 fully saturated rings. The number of nitrogens with one attached hydrogen (secondary N) is 1. The van der Waals surface area contributed by atoms with Gasteiger partial charge in [0.05, 0.1) is 0 Å². The molecule has 0 aromatic carbocycles. The summed E-state index contributed by atoms with van der Waals surface area (Å²) >= 11 is 4.51. The Bertz CT molecular complexity index is 132. The number of nitrogens with two attached hydrogens (primary N) is 1. The molecule has 0 atom stereocenters. The van der Waals surface area contributed by atoms with Crippen LogP contribution in [0, 0.1) is 0 Å². The zero-order valence-corrected chi connectivity index (χ0v) is 6.98. The Balaban J connectivity index is 3.29. The zero-order valence-electron chi connectivity index (χ0n) is 6.16. The SMILES string of the molecule is CN(C)C/C=N/NC(N)=S. The molecule has 58 valence electrons. The van der Waals surface area contributed by atoms with E-state index in [1.54, 1.807) is 6.21 Å². The minimum Gasteiger partial charge on any atom is -0.375 e. The molecule has 0 aliphatic carbocycles. The maximum atomic E-state index is 5.10. The molecule has 0 saturated carbocycles. The van der Waals surface area contributed by atoms with Gasteiger partial charge in [0.1, 0.15) is 0 Å². The molecule has 0 amide bonds. The van der Waals surface area contributed by atoms with Crippen LogP contribution in [0.25, 0.3) is 0 Å². The molecular formula is C5H12N4S. The zero-order chi connectivity index (χ0) is 7.98. The summed E-state index contributed by atoms with van der Waals surface area (Å²) in [5.74, 6) is 0. The molecule has 0 aliphatic rings. The van der Waals surface area contributed by atoms with E-state index in [0.717, 1.165) is 6.54 Å². The van der Waals surface area contributed by atoms with Crippen LogP contribution in [-0.4, -0.2) is 36.9 Å². The summed E-state index contributed by atoms with van der Waals surface area (Å²) in [6, 6.07) is 0. The molecule has 0 unspecified atom stereocenters. The summed E-state index contributed by atoms with van der Waals surface area (Å²) in [6.07, 6.45) is 1.69. The van der Waals surface area contributed by atoms with Crippen LogP contribution in [0.2, 0.25) is 0 Å². The van der Waals surface area contributed by atoms with Crippen LogP contribution in [0.1, 0.15) is 0 Å². The summed E-state index contributed by atoms with van der Waals surface area (Å²) in [6.45, 7) is 0.773. The minimum absolute atomic E-state index is 0.190. The predicted octanol–water partition coefficient (Wildman–Crippen LogP) is -0.633. The molecule has 0 aliphatic heterocycles. The Hall–Kier alpha value is -0.680. The van der Waals surface area contributed by atoms with E-state index in [0.29, 0.717) is 0 Å². The normalized spacial score (nSPS) is 10.7. The number of thiocarbonyl (C=S) groups is 1. The van der Waals surface area contributed by atoms with Crippen molar-refractivity contribution in [2.24, 2.45) is 10.8 Å². The van der Waals surface area contributed by atoms with Gasteiger partial charge in [-0.3, -0.25) is 5.43 Å². The molecular weight excluding hydrogens is 148 g/mol. The molecule has 0 bridgehead atoms. The van der Waals surface area contributed by atoms with Crippen molar-refractivity contribution in [3.63, 3.8) is 0 Å². The highest BCUT2D eigenvalue weighted by molar-refractivity contribution is 7.80. The summed E-state index contributed by atoms with van der Waals surface area (Å²) in [5.41, 5.74) is 7.56. The van der Waals surface area contributed by atoms with Crippen LogP contribution >= 0.6 is 12.2 Å². The molecule has 0 radical (unpaired) electrons. The van der Waals surface area contributed by atoms with Gasteiger partial charge in [-0.1, -0.05) is 0 Å². The van der Waals surface area contributed by atoms with Gasteiger partial charge in [0, 0.05) is 12.8 Å². The maximum Gasteiger partial charge on any atom is 0.184 e. The standard InChI is InChI=1S/C5H12N4S/c1-9(2)4-3-7-8-5(6)10/h3H,4H2,1-2H3,(H3,6,8,10)/b7-3+. The molecule has 0 rings (SSSR count). The minimum atomic E-state index is 0.190. The average molecular weight is 160 g/mol. The number of rotatable bonds is 3. The second-order valence-electron chi connectivity index (χ2n) is 2.05. The van der Waals surface area contributed by atoms with E-state index >= 15 is 0 Å². The van der Waals surface area contributed by atoms with Crippen molar-refractivity contribution >= 4 is 23.5 Å². The second-order valence-corrected chi connectivity index (χ2v) is 2.49. The quantitative estimate of drug-likeness (QED) is 0.328. The number of hydrazone groups is 1. The van der Waals surface area contributed by atoms with Crippen LogP contribution < -0.4 is 11.2 Å². The van der Waals surface area contributed by atoms with E-state index in [1.807, 2.05) is 19.0 Å². The largest absolute Gasteiger partial charge is 0.375 e. The van der Waals surface area contributed by atoms with Crippen molar-refractivity contribution in [2.45, 2.75) is 0 Å². The Kier molecular flexibility index (Phi) is 4.78. The van der Waals surface area contributed by atoms with Gasteiger partial charge >= 0.3 is 0 Å². The van der Waals surface area contributed by atoms with Crippen molar-refractivity contribution in [3.05, 3.63) is 0 Å². The van der Waals surface area contributed by atoms with Gasteiger partial charge < -0.3 is 10.6 Å². The van der Waals surface area contributed by atoms with Gasteiger partial charge in [-0.15, -0.1) is 0 Å². The highest BCUT2D eigenvalue weighted by Gasteiger charge is 1.82. The summed E-state index contributed by atoms with van der Waals surface area (Å²) in [4.78, 5) is 1.98. The Morgan fingerprint density at radius 3 is 2.80 bits per heavy atom. The summed E-state index contributed by atoms with van der Waals surface area (Å²) in [5, 5.41) is 3.92. The number of hydrogen-bond donors (Lipinski definition) is 2.